The normalized spacial score (nSPS) is 14.6. The van der Waals surface area contributed by atoms with Crippen LogP contribution in [0.15, 0.2) is 12.1 Å². The molecule has 0 fully saturated rings. The summed E-state index contributed by atoms with van der Waals surface area (Å²) in [4.78, 5) is 0. The molecular formula is C12H16ClNO2. The molecule has 16 heavy (non-hydrogen) atoms. The first-order chi connectivity index (χ1) is 7.81. The lowest BCUT2D eigenvalue weighted by atomic mass is 10.1. The van der Waals surface area contributed by atoms with E-state index in [1.165, 1.54) is 0 Å². The van der Waals surface area contributed by atoms with E-state index in [2.05, 4.69) is 0 Å². The van der Waals surface area contributed by atoms with Gasteiger partial charge in [-0.3, -0.25) is 0 Å². The quantitative estimate of drug-likeness (QED) is 0.884. The van der Waals surface area contributed by atoms with Crippen LogP contribution in [0.5, 0.6) is 11.5 Å². The molecule has 0 radical (unpaired) electrons. The third-order valence-electron chi connectivity index (χ3n) is 2.53. The van der Waals surface area contributed by atoms with Crippen molar-refractivity contribution in [1.29, 1.82) is 0 Å². The van der Waals surface area contributed by atoms with Gasteiger partial charge in [-0.2, -0.15) is 0 Å². The molecule has 0 amide bonds. The van der Waals surface area contributed by atoms with Crippen LogP contribution in [0.25, 0.3) is 0 Å². The molecule has 0 spiro atoms. The maximum atomic E-state index is 6.16. The molecule has 1 heterocycles. The SMILES string of the molecule is NCCCc1cc(Cl)c2c(c1)OCCCO2. The molecule has 0 unspecified atom stereocenters. The first-order valence-corrected chi connectivity index (χ1v) is 5.97. The molecule has 0 bridgehead atoms. The Morgan fingerprint density at radius 2 is 2.06 bits per heavy atom. The summed E-state index contributed by atoms with van der Waals surface area (Å²) < 4.78 is 11.2. The molecule has 1 aliphatic rings. The Morgan fingerprint density at radius 3 is 2.88 bits per heavy atom. The van der Waals surface area contributed by atoms with Crippen LogP contribution in [0.1, 0.15) is 18.4 Å². The predicted octanol–water partition coefficient (Wildman–Crippen LogP) is 2.39. The van der Waals surface area contributed by atoms with Gasteiger partial charge in [-0.05, 0) is 37.1 Å². The van der Waals surface area contributed by atoms with Crippen LogP contribution in [0.4, 0.5) is 0 Å². The second-order valence-corrected chi connectivity index (χ2v) is 4.25. The average Bonchev–Trinajstić information content (AvgIpc) is 2.51. The summed E-state index contributed by atoms with van der Waals surface area (Å²) in [6.45, 7) is 2.03. The summed E-state index contributed by atoms with van der Waals surface area (Å²) in [5.74, 6) is 1.44. The molecule has 4 heteroatoms. The molecule has 1 aromatic rings. The number of hydrogen-bond acceptors (Lipinski definition) is 3. The van der Waals surface area contributed by atoms with Gasteiger partial charge in [-0.15, -0.1) is 0 Å². The van der Waals surface area contributed by atoms with Crippen molar-refractivity contribution in [2.45, 2.75) is 19.3 Å². The zero-order valence-electron chi connectivity index (χ0n) is 9.17. The van der Waals surface area contributed by atoms with Crippen LogP contribution in [0.3, 0.4) is 0 Å². The van der Waals surface area contributed by atoms with Gasteiger partial charge in [-0.25, -0.2) is 0 Å². The zero-order valence-corrected chi connectivity index (χ0v) is 9.93. The van der Waals surface area contributed by atoms with Gasteiger partial charge < -0.3 is 15.2 Å². The van der Waals surface area contributed by atoms with Crippen LogP contribution in [0, 0.1) is 0 Å². The fourth-order valence-corrected chi connectivity index (χ4v) is 2.02. The largest absolute Gasteiger partial charge is 0.489 e. The number of hydrogen-bond donors (Lipinski definition) is 1. The lowest BCUT2D eigenvalue weighted by molar-refractivity contribution is 0.297. The van der Waals surface area contributed by atoms with Crippen molar-refractivity contribution in [2.75, 3.05) is 19.8 Å². The van der Waals surface area contributed by atoms with Crippen molar-refractivity contribution in [3.63, 3.8) is 0 Å². The van der Waals surface area contributed by atoms with Crippen molar-refractivity contribution in [1.82, 2.24) is 0 Å². The number of benzene rings is 1. The topological polar surface area (TPSA) is 44.5 Å². The summed E-state index contributed by atoms with van der Waals surface area (Å²) in [6.07, 6.45) is 2.77. The molecule has 1 aromatic carbocycles. The van der Waals surface area contributed by atoms with Gasteiger partial charge in [0.15, 0.2) is 11.5 Å². The van der Waals surface area contributed by atoms with Crippen LogP contribution in [-0.2, 0) is 6.42 Å². The number of aryl methyl sites for hydroxylation is 1. The van der Waals surface area contributed by atoms with E-state index in [0.717, 1.165) is 30.6 Å². The van der Waals surface area contributed by atoms with Crippen LogP contribution in [0.2, 0.25) is 5.02 Å². The van der Waals surface area contributed by atoms with Gasteiger partial charge in [0.2, 0.25) is 0 Å². The Hall–Kier alpha value is -0.930. The molecule has 0 saturated carbocycles. The summed E-state index contributed by atoms with van der Waals surface area (Å²) in [7, 11) is 0. The van der Waals surface area contributed by atoms with E-state index in [-0.39, 0.29) is 0 Å². The van der Waals surface area contributed by atoms with Gasteiger partial charge in [0.05, 0.1) is 18.2 Å². The molecule has 1 aliphatic heterocycles. The zero-order chi connectivity index (χ0) is 11.4. The molecule has 0 aromatic heterocycles. The maximum absolute atomic E-state index is 6.16. The van der Waals surface area contributed by atoms with Crippen molar-refractivity contribution >= 4 is 11.6 Å². The Labute approximate surface area is 100 Å². The van der Waals surface area contributed by atoms with Crippen molar-refractivity contribution < 1.29 is 9.47 Å². The van der Waals surface area contributed by atoms with Gasteiger partial charge >= 0.3 is 0 Å². The smallest absolute Gasteiger partial charge is 0.179 e. The fraction of sp³-hybridized carbons (Fsp3) is 0.500. The van der Waals surface area contributed by atoms with E-state index >= 15 is 0 Å². The van der Waals surface area contributed by atoms with Crippen LogP contribution in [-0.4, -0.2) is 19.8 Å². The molecule has 0 aliphatic carbocycles. The molecule has 88 valence electrons. The second kappa shape index (κ2) is 5.41. The monoisotopic (exact) mass is 241 g/mol. The maximum Gasteiger partial charge on any atom is 0.179 e. The highest BCUT2D eigenvalue weighted by Gasteiger charge is 2.15. The highest BCUT2D eigenvalue weighted by molar-refractivity contribution is 6.32. The van der Waals surface area contributed by atoms with E-state index in [4.69, 9.17) is 26.8 Å². The minimum Gasteiger partial charge on any atom is -0.489 e. The average molecular weight is 242 g/mol. The minimum atomic E-state index is 0.631. The number of nitrogens with two attached hydrogens (primary N) is 1. The Balaban J connectivity index is 2.24. The molecule has 0 saturated heterocycles. The lowest BCUT2D eigenvalue weighted by Gasteiger charge is -2.11. The lowest BCUT2D eigenvalue weighted by Crippen LogP contribution is -2.01. The van der Waals surface area contributed by atoms with Gasteiger partial charge in [-0.1, -0.05) is 11.6 Å². The summed E-state index contributed by atoms with van der Waals surface area (Å²) in [5, 5.41) is 0.631. The van der Waals surface area contributed by atoms with Crippen molar-refractivity contribution in [3.05, 3.63) is 22.7 Å². The van der Waals surface area contributed by atoms with Crippen molar-refractivity contribution in [2.24, 2.45) is 5.73 Å². The van der Waals surface area contributed by atoms with Crippen LogP contribution < -0.4 is 15.2 Å². The fourth-order valence-electron chi connectivity index (χ4n) is 1.73. The van der Waals surface area contributed by atoms with Crippen molar-refractivity contribution in [3.8, 4) is 11.5 Å². The molecule has 0 atom stereocenters. The van der Waals surface area contributed by atoms with E-state index in [0.29, 0.717) is 30.5 Å². The standard InChI is InChI=1S/C12H16ClNO2/c13-10-7-9(3-1-4-14)8-11-12(10)16-6-2-5-15-11/h7-8H,1-6,14H2. The number of ether oxygens (including phenoxy) is 2. The Kier molecular flexibility index (Phi) is 3.91. The van der Waals surface area contributed by atoms with E-state index in [9.17, 15) is 0 Å². The Bertz CT molecular complexity index is 368. The summed E-state index contributed by atoms with van der Waals surface area (Å²) >= 11 is 6.16. The van der Waals surface area contributed by atoms with Gasteiger partial charge in [0, 0.05) is 6.42 Å². The molecular weight excluding hydrogens is 226 g/mol. The van der Waals surface area contributed by atoms with Gasteiger partial charge in [0.1, 0.15) is 0 Å². The summed E-state index contributed by atoms with van der Waals surface area (Å²) in [6, 6.07) is 3.94. The predicted molar refractivity (Wildman–Crippen MR) is 64.4 cm³/mol. The first kappa shape index (κ1) is 11.6. The second-order valence-electron chi connectivity index (χ2n) is 3.85. The summed E-state index contributed by atoms with van der Waals surface area (Å²) in [5.41, 5.74) is 6.64. The van der Waals surface area contributed by atoms with Crippen LogP contribution >= 0.6 is 11.6 Å². The third kappa shape index (κ3) is 2.60. The number of fused-ring (bicyclic) bond motifs is 1. The van der Waals surface area contributed by atoms with E-state index in [1.807, 2.05) is 12.1 Å². The minimum absolute atomic E-state index is 0.631. The highest BCUT2D eigenvalue weighted by Crippen LogP contribution is 2.38. The van der Waals surface area contributed by atoms with Gasteiger partial charge in [0.25, 0.3) is 0 Å². The molecule has 3 nitrogen and oxygen atoms in total. The van der Waals surface area contributed by atoms with E-state index in [1.54, 1.807) is 0 Å². The van der Waals surface area contributed by atoms with E-state index < -0.39 is 0 Å². The molecule has 2 rings (SSSR count). The highest BCUT2D eigenvalue weighted by atomic mass is 35.5. The number of rotatable bonds is 3. The first-order valence-electron chi connectivity index (χ1n) is 5.59. The third-order valence-corrected chi connectivity index (χ3v) is 2.81. The number of halogens is 1. The Morgan fingerprint density at radius 1 is 1.25 bits per heavy atom. The molecule has 2 N–H and O–H groups in total.